The largest absolute Gasteiger partial charge is 0.477 e. The lowest BCUT2D eigenvalue weighted by Crippen LogP contribution is -2.60. The summed E-state index contributed by atoms with van der Waals surface area (Å²) in [6.45, 7) is 1.12. The van der Waals surface area contributed by atoms with Crippen LogP contribution in [-0.2, 0) is 26.0 Å². The van der Waals surface area contributed by atoms with Gasteiger partial charge in [0.05, 0.1) is 29.1 Å². The number of aliphatic carboxylic acids is 1. The number of aliphatic hydroxyl groups excluding tert-OH is 2. The van der Waals surface area contributed by atoms with Crippen LogP contribution in [0, 0.1) is 5.92 Å². The standard InChI is InChI=1S/C27H24N2O7S2/c1-14(31)21-25(32)29-24(27(33)34)19(37-26(21)29)13-28-18-9-8-17(15-5-3-2-4-6-15)22-16(11-12-30)7-10-20(23(18)22)38(28,35)36/h2-10,14,21,26,30-31H,11-13H2,1H3,(H,33,34)/t14-,21+,26-/m1/s1. The molecule has 3 aromatic carbocycles. The summed E-state index contributed by atoms with van der Waals surface area (Å²) in [5, 5.41) is 30.3. The number of hydrogen-bond acceptors (Lipinski definition) is 7. The van der Waals surface area contributed by atoms with Gasteiger partial charge in [-0.05, 0) is 47.6 Å². The maximum absolute atomic E-state index is 13.8. The quantitative estimate of drug-likeness (QED) is 0.381. The molecule has 0 unspecified atom stereocenters. The Balaban J connectivity index is 1.50. The average molecular weight is 553 g/mol. The summed E-state index contributed by atoms with van der Waals surface area (Å²) in [6, 6.07) is 16.4. The van der Waals surface area contributed by atoms with Crippen LogP contribution < -0.4 is 4.31 Å². The molecular weight excluding hydrogens is 528 g/mol. The van der Waals surface area contributed by atoms with Gasteiger partial charge in [0.1, 0.15) is 11.1 Å². The molecule has 3 aliphatic heterocycles. The van der Waals surface area contributed by atoms with Crippen molar-refractivity contribution in [1.82, 2.24) is 4.90 Å². The summed E-state index contributed by atoms with van der Waals surface area (Å²) in [5.41, 5.74) is 2.72. The van der Waals surface area contributed by atoms with Crippen LogP contribution in [0.25, 0.3) is 21.9 Å². The highest BCUT2D eigenvalue weighted by molar-refractivity contribution is 8.04. The molecule has 9 nitrogen and oxygen atoms in total. The topological polar surface area (TPSA) is 135 Å². The monoisotopic (exact) mass is 552 g/mol. The molecule has 1 amide bonds. The summed E-state index contributed by atoms with van der Waals surface area (Å²) < 4.78 is 28.9. The second-order valence-corrected chi connectivity index (χ2v) is 12.6. The highest BCUT2D eigenvalue weighted by Gasteiger charge is 2.58. The molecule has 0 radical (unpaired) electrons. The zero-order valence-electron chi connectivity index (χ0n) is 20.2. The van der Waals surface area contributed by atoms with Gasteiger partial charge in [-0.25, -0.2) is 13.2 Å². The molecule has 0 spiro atoms. The van der Waals surface area contributed by atoms with Crippen molar-refractivity contribution in [2.75, 3.05) is 17.5 Å². The molecule has 38 heavy (non-hydrogen) atoms. The van der Waals surface area contributed by atoms with Crippen LogP contribution >= 0.6 is 11.8 Å². The lowest BCUT2D eigenvalue weighted by molar-refractivity contribution is -0.156. The van der Waals surface area contributed by atoms with Gasteiger partial charge < -0.3 is 15.3 Å². The number of nitrogens with zero attached hydrogens (tertiary/aromatic N) is 2. The van der Waals surface area contributed by atoms with E-state index >= 15 is 0 Å². The summed E-state index contributed by atoms with van der Waals surface area (Å²) >= 11 is 1.11. The molecule has 3 aliphatic rings. The summed E-state index contributed by atoms with van der Waals surface area (Å²) in [6.07, 6.45) is -0.621. The zero-order valence-corrected chi connectivity index (χ0v) is 21.9. The smallest absolute Gasteiger partial charge is 0.353 e. The fraction of sp³-hybridized carbons (Fsp3) is 0.259. The fourth-order valence-corrected chi connectivity index (χ4v) is 8.97. The second kappa shape index (κ2) is 8.84. The van der Waals surface area contributed by atoms with Gasteiger partial charge in [-0.1, -0.05) is 54.2 Å². The van der Waals surface area contributed by atoms with Gasteiger partial charge in [-0.3, -0.25) is 14.0 Å². The van der Waals surface area contributed by atoms with Gasteiger partial charge in [0.25, 0.3) is 10.0 Å². The van der Waals surface area contributed by atoms with Gasteiger partial charge in [-0.2, -0.15) is 0 Å². The molecule has 1 fully saturated rings. The van der Waals surface area contributed by atoms with Crippen molar-refractivity contribution in [3.05, 3.63) is 70.8 Å². The fourth-order valence-electron chi connectivity index (χ4n) is 5.64. The molecule has 11 heteroatoms. The van der Waals surface area contributed by atoms with Gasteiger partial charge in [0, 0.05) is 16.9 Å². The second-order valence-electron chi connectivity index (χ2n) is 9.52. The van der Waals surface area contributed by atoms with Crippen molar-refractivity contribution in [1.29, 1.82) is 0 Å². The maximum atomic E-state index is 13.8. The lowest BCUT2D eigenvalue weighted by Gasteiger charge is -2.43. The molecular formula is C27H24N2O7S2. The number of carbonyl (C=O) groups excluding carboxylic acids is 1. The third kappa shape index (κ3) is 3.42. The number of β-lactam (4-membered cyclic amide) rings is 1. The minimum Gasteiger partial charge on any atom is -0.477 e. The zero-order chi connectivity index (χ0) is 26.9. The Morgan fingerprint density at radius 3 is 2.47 bits per heavy atom. The van der Waals surface area contributed by atoms with Crippen molar-refractivity contribution in [3.63, 3.8) is 0 Å². The van der Waals surface area contributed by atoms with Crippen LogP contribution in [0.2, 0.25) is 0 Å². The number of carboxylic acid groups (broad SMARTS) is 1. The highest BCUT2D eigenvalue weighted by atomic mass is 32.2. The minimum absolute atomic E-state index is 0.107. The maximum Gasteiger partial charge on any atom is 0.353 e. The Morgan fingerprint density at radius 1 is 1.08 bits per heavy atom. The SMILES string of the molecule is C[C@@H](O)[C@H]1C(=O)N2C(C(=O)O)=C(CN3c4ccc(-c5ccccc5)c5c(CCO)ccc(c45)S3(=O)=O)S[C@H]12. The molecule has 3 N–H and O–H groups in total. The van der Waals surface area contributed by atoms with E-state index in [1.807, 2.05) is 36.4 Å². The highest BCUT2D eigenvalue weighted by Crippen LogP contribution is 2.53. The van der Waals surface area contributed by atoms with Crippen LogP contribution in [0.5, 0.6) is 0 Å². The van der Waals surface area contributed by atoms with Crippen LogP contribution in [0.1, 0.15) is 12.5 Å². The van der Waals surface area contributed by atoms with E-state index in [0.29, 0.717) is 17.5 Å². The first-order valence-electron chi connectivity index (χ1n) is 12.1. The third-order valence-electron chi connectivity index (χ3n) is 7.35. The average Bonchev–Trinajstić information content (AvgIpc) is 3.31. The van der Waals surface area contributed by atoms with E-state index in [0.717, 1.165) is 38.7 Å². The molecule has 1 saturated heterocycles. The van der Waals surface area contributed by atoms with Crippen LogP contribution in [0.15, 0.2) is 70.1 Å². The molecule has 3 atom stereocenters. The number of anilines is 1. The number of hydrogen-bond donors (Lipinski definition) is 3. The van der Waals surface area contributed by atoms with Gasteiger partial charge in [0.15, 0.2) is 0 Å². The Bertz CT molecular complexity index is 1650. The van der Waals surface area contributed by atoms with E-state index in [1.54, 1.807) is 12.1 Å². The normalized spacial score (nSPS) is 22.1. The van der Waals surface area contributed by atoms with Crippen molar-refractivity contribution < 1.29 is 33.3 Å². The first-order chi connectivity index (χ1) is 18.2. The number of benzene rings is 3. The number of amides is 1. The number of thioether (sulfide) groups is 1. The number of aliphatic hydroxyl groups is 2. The molecule has 3 aromatic rings. The number of carboxylic acids is 1. The molecule has 0 bridgehead atoms. The number of sulfonamides is 1. The minimum atomic E-state index is -4.05. The van der Waals surface area contributed by atoms with Crippen molar-refractivity contribution in [2.24, 2.45) is 5.92 Å². The molecule has 6 rings (SSSR count). The van der Waals surface area contributed by atoms with E-state index in [1.165, 1.54) is 17.3 Å². The Labute approximate surface area is 223 Å². The Morgan fingerprint density at radius 2 is 1.82 bits per heavy atom. The van der Waals surface area contributed by atoms with E-state index in [2.05, 4.69) is 0 Å². The molecule has 0 aliphatic carbocycles. The number of carbonyl (C=O) groups is 2. The van der Waals surface area contributed by atoms with Gasteiger partial charge in [-0.15, -0.1) is 0 Å². The summed E-state index contributed by atoms with van der Waals surface area (Å²) in [4.78, 5) is 26.3. The molecule has 3 heterocycles. The predicted molar refractivity (Wildman–Crippen MR) is 143 cm³/mol. The first kappa shape index (κ1) is 24.9. The van der Waals surface area contributed by atoms with Crippen LogP contribution in [0.4, 0.5) is 5.69 Å². The van der Waals surface area contributed by atoms with E-state index in [9.17, 15) is 33.3 Å². The van der Waals surface area contributed by atoms with E-state index in [4.69, 9.17) is 0 Å². The first-order valence-corrected chi connectivity index (χ1v) is 14.4. The van der Waals surface area contributed by atoms with Crippen molar-refractivity contribution in [2.45, 2.75) is 29.7 Å². The van der Waals surface area contributed by atoms with Gasteiger partial charge in [0.2, 0.25) is 5.91 Å². The van der Waals surface area contributed by atoms with E-state index in [-0.39, 0.29) is 28.6 Å². The summed E-state index contributed by atoms with van der Waals surface area (Å²) in [7, 11) is -4.05. The van der Waals surface area contributed by atoms with Crippen molar-refractivity contribution in [3.8, 4) is 11.1 Å². The van der Waals surface area contributed by atoms with E-state index < -0.39 is 39.3 Å². The third-order valence-corrected chi connectivity index (χ3v) is 10.5. The van der Waals surface area contributed by atoms with Gasteiger partial charge >= 0.3 is 5.97 Å². The molecule has 0 saturated carbocycles. The summed E-state index contributed by atoms with van der Waals surface area (Å²) in [5.74, 6) is -2.56. The Kier molecular flexibility index (Phi) is 5.80. The number of fused-ring (bicyclic) bond motifs is 1. The predicted octanol–water partition coefficient (Wildman–Crippen LogP) is 2.76. The molecule has 0 aromatic heterocycles. The lowest BCUT2D eigenvalue weighted by atomic mass is 9.92. The number of rotatable bonds is 7. The van der Waals surface area contributed by atoms with Crippen LogP contribution in [0.3, 0.4) is 0 Å². The molecule has 196 valence electrons. The Hall–Kier alpha value is -3.38. The van der Waals surface area contributed by atoms with Crippen molar-refractivity contribution >= 4 is 50.1 Å². The van der Waals surface area contributed by atoms with Crippen LogP contribution in [-0.4, -0.2) is 65.1 Å².